The largest absolute Gasteiger partial charge is 0.481 e. The average molecular weight is 330 g/mol. The molecular formula is C18H22N2O4. The molecule has 0 bridgehead atoms. The number of pyridine rings is 1. The summed E-state index contributed by atoms with van der Waals surface area (Å²) in [6, 6.07) is 6.95. The number of carbonyl (C=O) groups is 2. The van der Waals surface area contributed by atoms with Crippen LogP contribution < -0.4 is 5.32 Å². The third kappa shape index (κ3) is 4.44. The number of nitrogens with one attached hydrogen (secondary N) is 1. The molecule has 0 fully saturated rings. The summed E-state index contributed by atoms with van der Waals surface area (Å²) in [5, 5.41) is 11.9. The zero-order valence-electron chi connectivity index (χ0n) is 14.1. The number of hydrogen-bond acceptors (Lipinski definition) is 4. The minimum atomic E-state index is -0.896. The van der Waals surface area contributed by atoms with E-state index in [1.165, 1.54) is 0 Å². The van der Waals surface area contributed by atoms with Crippen molar-refractivity contribution < 1.29 is 19.1 Å². The van der Waals surface area contributed by atoms with E-state index < -0.39 is 11.9 Å². The van der Waals surface area contributed by atoms with E-state index in [0.29, 0.717) is 29.1 Å². The second kappa shape index (κ2) is 7.77. The number of furan rings is 1. The summed E-state index contributed by atoms with van der Waals surface area (Å²) < 4.78 is 5.29. The third-order valence-corrected chi connectivity index (χ3v) is 3.72. The summed E-state index contributed by atoms with van der Waals surface area (Å²) in [5.41, 5.74) is 1.65. The molecule has 2 heterocycles. The molecule has 2 aromatic rings. The van der Waals surface area contributed by atoms with Gasteiger partial charge in [0.25, 0.3) is 5.91 Å². The molecule has 0 aliphatic heterocycles. The summed E-state index contributed by atoms with van der Waals surface area (Å²) in [6.07, 6.45) is 2.08. The van der Waals surface area contributed by atoms with Crippen molar-refractivity contribution >= 4 is 11.9 Å². The van der Waals surface area contributed by atoms with Crippen molar-refractivity contribution in [3.05, 3.63) is 41.8 Å². The van der Waals surface area contributed by atoms with Crippen molar-refractivity contribution in [1.82, 2.24) is 10.3 Å². The molecule has 1 amide bonds. The minimum absolute atomic E-state index is 0.103. The van der Waals surface area contributed by atoms with Crippen molar-refractivity contribution in [1.29, 1.82) is 0 Å². The van der Waals surface area contributed by atoms with Gasteiger partial charge in [0.1, 0.15) is 5.69 Å². The summed E-state index contributed by atoms with van der Waals surface area (Å²) >= 11 is 0. The van der Waals surface area contributed by atoms with Crippen molar-refractivity contribution in [2.45, 2.75) is 27.2 Å². The van der Waals surface area contributed by atoms with Crippen molar-refractivity contribution in [2.75, 3.05) is 6.54 Å². The van der Waals surface area contributed by atoms with Gasteiger partial charge >= 0.3 is 5.97 Å². The SMILES string of the molecule is Cc1nc(-c2ccco2)ccc1C(=O)NCC(CC(C)C)C(=O)O. The number of carbonyl (C=O) groups excluding carboxylic acids is 1. The molecule has 6 heteroatoms. The number of aryl methyl sites for hydroxylation is 1. The van der Waals surface area contributed by atoms with Gasteiger partial charge in [-0.05, 0) is 43.5 Å². The first-order valence-corrected chi connectivity index (χ1v) is 7.91. The van der Waals surface area contributed by atoms with E-state index in [-0.39, 0.29) is 18.4 Å². The summed E-state index contributed by atoms with van der Waals surface area (Å²) in [4.78, 5) is 27.9. The maximum absolute atomic E-state index is 12.3. The van der Waals surface area contributed by atoms with Crippen molar-refractivity contribution in [3.63, 3.8) is 0 Å². The number of rotatable bonds is 7. The number of amides is 1. The Morgan fingerprint density at radius 3 is 2.58 bits per heavy atom. The Morgan fingerprint density at radius 1 is 1.29 bits per heavy atom. The molecule has 6 nitrogen and oxygen atoms in total. The minimum Gasteiger partial charge on any atom is -0.481 e. The molecule has 24 heavy (non-hydrogen) atoms. The molecule has 2 aromatic heterocycles. The predicted molar refractivity (Wildman–Crippen MR) is 89.6 cm³/mol. The second-order valence-electron chi connectivity index (χ2n) is 6.18. The number of aliphatic carboxylic acids is 1. The van der Waals surface area contributed by atoms with E-state index in [1.807, 2.05) is 13.8 Å². The van der Waals surface area contributed by atoms with Crippen LogP contribution in [-0.2, 0) is 4.79 Å². The van der Waals surface area contributed by atoms with E-state index >= 15 is 0 Å². The number of aromatic nitrogens is 1. The molecule has 0 aliphatic rings. The van der Waals surface area contributed by atoms with Gasteiger partial charge in [0.05, 0.1) is 23.4 Å². The smallest absolute Gasteiger partial charge is 0.308 e. The fourth-order valence-corrected chi connectivity index (χ4v) is 2.51. The number of nitrogens with zero attached hydrogens (tertiary/aromatic N) is 1. The topological polar surface area (TPSA) is 92.4 Å². The average Bonchev–Trinajstić information content (AvgIpc) is 3.04. The van der Waals surface area contributed by atoms with Crippen LogP contribution in [0.4, 0.5) is 0 Å². The second-order valence-corrected chi connectivity index (χ2v) is 6.18. The molecule has 2 rings (SSSR count). The zero-order valence-corrected chi connectivity index (χ0v) is 14.1. The van der Waals surface area contributed by atoms with Crippen LogP contribution in [0.1, 0.15) is 36.3 Å². The van der Waals surface area contributed by atoms with E-state index in [9.17, 15) is 14.7 Å². The first-order valence-electron chi connectivity index (χ1n) is 7.91. The lowest BCUT2D eigenvalue weighted by atomic mass is 9.97. The zero-order chi connectivity index (χ0) is 17.7. The molecule has 0 radical (unpaired) electrons. The van der Waals surface area contributed by atoms with Crippen LogP contribution in [0.2, 0.25) is 0 Å². The lowest BCUT2D eigenvalue weighted by Gasteiger charge is -2.16. The number of carboxylic acids is 1. The van der Waals surface area contributed by atoms with Gasteiger partial charge < -0.3 is 14.8 Å². The fourth-order valence-electron chi connectivity index (χ4n) is 2.51. The highest BCUT2D eigenvalue weighted by molar-refractivity contribution is 5.95. The molecule has 2 N–H and O–H groups in total. The summed E-state index contributed by atoms with van der Waals surface area (Å²) in [6.45, 7) is 5.76. The molecule has 0 aliphatic carbocycles. The van der Waals surface area contributed by atoms with E-state index in [4.69, 9.17) is 4.42 Å². The number of carboxylic acid groups (broad SMARTS) is 1. The Morgan fingerprint density at radius 2 is 2.04 bits per heavy atom. The lowest BCUT2D eigenvalue weighted by molar-refractivity contribution is -0.142. The maximum Gasteiger partial charge on any atom is 0.308 e. The lowest BCUT2D eigenvalue weighted by Crippen LogP contribution is -2.34. The van der Waals surface area contributed by atoms with Gasteiger partial charge in [0.2, 0.25) is 0 Å². The summed E-state index contributed by atoms with van der Waals surface area (Å²) in [7, 11) is 0. The van der Waals surface area contributed by atoms with Gasteiger partial charge in [-0.1, -0.05) is 13.8 Å². The van der Waals surface area contributed by atoms with Gasteiger partial charge in [-0.25, -0.2) is 4.98 Å². The molecule has 1 unspecified atom stereocenters. The molecule has 0 spiro atoms. The van der Waals surface area contributed by atoms with Crippen LogP contribution >= 0.6 is 0 Å². The van der Waals surface area contributed by atoms with Crippen molar-refractivity contribution in [3.8, 4) is 11.5 Å². The molecule has 1 atom stereocenters. The standard InChI is InChI=1S/C18H22N2O4/c1-11(2)9-13(18(22)23)10-19-17(21)14-6-7-15(20-12(14)3)16-5-4-8-24-16/h4-8,11,13H,9-10H2,1-3H3,(H,19,21)(H,22,23). The predicted octanol–water partition coefficient (Wildman–Crippen LogP) is 3.13. The van der Waals surface area contributed by atoms with Crippen LogP contribution in [0.3, 0.4) is 0 Å². The fraction of sp³-hybridized carbons (Fsp3) is 0.389. The van der Waals surface area contributed by atoms with Crippen LogP contribution in [-0.4, -0.2) is 28.5 Å². The molecular weight excluding hydrogens is 308 g/mol. The number of hydrogen-bond donors (Lipinski definition) is 2. The van der Waals surface area contributed by atoms with Gasteiger partial charge in [0.15, 0.2) is 5.76 Å². The van der Waals surface area contributed by atoms with Crippen LogP contribution in [0.15, 0.2) is 34.9 Å². The Kier molecular flexibility index (Phi) is 5.73. The Bertz CT molecular complexity index is 708. The van der Waals surface area contributed by atoms with Gasteiger partial charge in [-0.15, -0.1) is 0 Å². The highest BCUT2D eigenvalue weighted by Gasteiger charge is 2.20. The van der Waals surface area contributed by atoms with E-state index in [1.54, 1.807) is 37.5 Å². The quantitative estimate of drug-likeness (QED) is 0.813. The van der Waals surface area contributed by atoms with Gasteiger partial charge in [-0.2, -0.15) is 0 Å². The Labute approximate surface area is 140 Å². The molecule has 128 valence electrons. The first-order chi connectivity index (χ1) is 11.4. The highest BCUT2D eigenvalue weighted by Crippen LogP contribution is 2.19. The van der Waals surface area contributed by atoms with Crippen LogP contribution in [0.5, 0.6) is 0 Å². The van der Waals surface area contributed by atoms with E-state index in [0.717, 1.165) is 0 Å². The maximum atomic E-state index is 12.3. The van der Waals surface area contributed by atoms with Crippen molar-refractivity contribution in [2.24, 2.45) is 11.8 Å². The first kappa shape index (κ1) is 17.7. The van der Waals surface area contributed by atoms with Gasteiger partial charge in [-0.3, -0.25) is 9.59 Å². The molecule has 0 aromatic carbocycles. The molecule has 0 saturated heterocycles. The van der Waals surface area contributed by atoms with Gasteiger partial charge in [0, 0.05) is 6.54 Å². The van der Waals surface area contributed by atoms with Crippen LogP contribution in [0, 0.1) is 18.8 Å². The van der Waals surface area contributed by atoms with Crippen LogP contribution in [0.25, 0.3) is 11.5 Å². The summed E-state index contributed by atoms with van der Waals surface area (Å²) in [5.74, 6) is -0.926. The van der Waals surface area contributed by atoms with E-state index in [2.05, 4.69) is 10.3 Å². The highest BCUT2D eigenvalue weighted by atomic mass is 16.4. The third-order valence-electron chi connectivity index (χ3n) is 3.72. The normalized spacial score (nSPS) is 12.2. The Balaban J connectivity index is 2.05. The molecule has 0 saturated carbocycles. The monoisotopic (exact) mass is 330 g/mol. The Hall–Kier alpha value is -2.63.